The van der Waals surface area contributed by atoms with E-state index in [2.05, 4.69) is 10.6 Å². The van der Waals surface area contributed by atoms with Gasteiger partial charge in [0.2, 0.25) is 15.9 Å². The summed E-state index contributed by atoms with van der Waals surface area (Å²) in [5.74, 6) is -1.00. The van der Waals surface area contributed by atoms with Crippen LogP contribution in [-0.2, 0) is 31.6 Å². The number of hydrogen-bond acceptors (Lipinski definition) is 6. The number of nitrogens with zero attached hydrogens (tertiary/aromatic N) is 2. The number of amides is 4. The molecular formula is C22H24N4O5S2. The molecule has 33 heavy (non-hydrogen) atoms. The molecule has 2 N–H and O–H groups in total. The largest absolute Gasteiger partial charge is 0.325 e. The van der Waals surface area contributed by atoms with E-state index >= 15 is 0 Å². The normalized spacial score (nSPS) is 23.1. The van der Waals surface area contributed by atoms with Gasteiger partial charge in [-0.05, 0) is 61.7 Å². The Morgan fingerprint density at radius 1 is 1.15 bits per heavy atom. The van der Waals surface area contributed by atoms with Crippen molar-refractivity contribution in [1.82, 2.24) is 14.5 Å². The number of imide groups is 1. The van der Waals surface area contributed by atoms with Crippen molar-refractivity contribution in [2.75, 3.05) is 25.0 Å². The van der Waals surface area contributed by atoms with Crippen molar-refractivity contribution >= 4 is 44.9 Å². The molecule has 5 rings (SSSR count). The average molecular weight is 489 g/mol. The molecule has 0 radical (unpaired) electrons. The van der Waals surface area contributed by atoms with Gasteiger partial charge in [0.1, 0.15) is 12.1 Å². The van der Waals surface area contributed by atoms with Crippen molar-refractivity contribution in [3.05, 3.63) is 46.2 Å². The molecule has 2 fully saturated rings. The molecule has 1 atom stereocenters. The van der Waals surface area contributed by atoms with Crippen molar-refractivity contribution in [2.24, 2.45) is 0 Å². The molecule has 0 bridgehead atoms. The summed E-state index contributed by atoms with van der Waals surface area (Å²) in [5, 5.41) is 7.36. The van der Waals surface area contributed by atoms with E-state index in [0.29, 0.717) is 25.2 Å². The third kappa shape index (κ3) is 3.73. The Hall–Kier alpha value is -2.76. The van der Waals surface area contributed by atoms with Crippen LogP contribution in [0.5, 0.6) is 0 Å². The Balaban J connectivity index is 1.30. The SMILES string of the molecule is O=C(CN1C(=O)N[C@@]2(CCCc3sccc32)C1=O)Nc1cccc(S(=O)(=O)N2CCCC2)c1. The van der Waals surface area contributed by atoms with Gasteiger partial charge in [-0.3, -0.25) is 14.5 Å². The van der Waals surface area contributed by atoms with E-state index in [-0.39, 0.29) is 4.90 Å². The Morgan fingerprint density at radius 3 is 2.73 bits per heavy atom. The lowest BCUT2D eigenvalue weighted by Gasteiger charge is -2.31. The predicted molar refractivity (Wildman–Crippen MR) is 122 cm³/mol. The maximum Gasteiger partial charge on any atom is 0.325 e. The van der Waals surface area contributed by atoms with Gasteiger partial charge in [-0.25, -0.2) is 13.2 Å². The fourth-order valence-corrected chi connectivity index (χ4v) is 7.40. The summed E-state index contributed by atoms with van der Waals surface area (Å²) in [6.45, 7) is 0.520. The summed E-state index contributed by atoms with van der Waals surface area (Å²) >= 11 is 1.56. The van der Waals surface area contributed by atoms with E-state index in [9.17, 15) is 22.8 Å². The number of anilines is 1. The highest BCUT2D eigenvalue weighted by Gasteiger charge is 2.54. The van der Waals surface area contributed by atoms with Gasteiger partial charge in [0.25, 0.3) is 5.91 Å². The highest BCUT2D eigenvalue weighted by atomic mass is 32.2. The molecule has 2 saturated heterocycles. The summed E-state index contributed by atoms with van der Waals surface area (Å²) in [6.07, 6.45) is 3.80. The summed E-state index contributed by atoms with van der Waals surface area (Å²) in [6, 6.07) is 7.30. The van der Waals surface area contributed by atoms with E-state index in [1.807, 2.05) is 11.4 Å². The number of rotatable bonds is 5. The Morgan fingerprint density at radius 2 is 1.94 bits per heavy atom. The first-order valence-electron chi connectivity index (χ1n) is 10.9. The van der Waals surface area contributed by atoms with Crippen molar-refractivity contribution < 1.29 is 22.8 Å². The Kier molecular flexibility index (Phi) is 5.50. The molecule has 174 valence electrons. The number of aryl methyl sites for hydroxylation is 1. The minimum Gasteiger partial charge on any atom is -0.324 e. The minimum absolute atomic E-state index is 0.100. The number of urea groups is 1. The maximum atomic E-state index is 13.3. The molecule has 1 aliphatic carbocycles. The van der Waals surface area contributed by atoms with Crippen LogP contribution in [0.4, 0.5) is 10.5 Å². The van der Waals surface area contributed by atoms with Gasteiger partial charge in [-0.15, -0.1) is 11.3 Å². The zero-order valence-corrected chi connectivity index (χ0v) is 19.5. The number of carbonyl (C=O) groups excluding carboxylic acids is 3. The Labute approximate surface area is 195 Å². The van der Waals surface area contributed by atoms with E-state index in [4.69, 9.17) is 0 Å². The second-order valence-corrected chi connectivity index (χ2v) is 11.5. The standard InChI is InChI=1S/C22H24N4O5S2/c27-19(23-15-5-3-6-16(13-15)33(30,31)25-10-1-2-11-25)14-26-20(28)22(24-21(26)29)9-4-7-18-17(22)8-12-32-18/h3,5-6,8,12-13H,1-2,4,7,9-11,14H2,(H,23,27)(H,24,29)/t22-/m1/s1. The molecule has 9 nitrogen and oxygen atoms in total. The third-order valence-corrected chi connectivity index (χ3v) is 9.33. The second-order valence-electron chi connectivity index (χ2n) is 8.52. The van der Waals surface area contributed by atoms with Crippen LogP contribution in [-0.4, -0.2) is 55.1 Å². The highest BCUT2D eigenvalue weighted by Crippen LogP contribution is 2.42. The molecule has 2 aromatic rings. The molecule has 4 amide bonds. The van der Waals surface area contributed by atoms with Gasteiger partial charge in [-0.2, -0.15) is 4.31 Å². The lowest BCUT2D eigenvalue weighted by molar-refractivity contribution is -0.134. The van der Waals surface area contributed by atoms with Crippen molar-refractivity contribution in [2.45, 2.75) is 42.5 Å². The molecule has 1 aromatic heterocycles. The number of fused-ring (bicyclic) bond motifs is 2. The molecule has 1 aromatic carbocycles. The zero-order valence-electron chi connectivity index (χ0n) is 17.9. The van der Waals surface area contributed by atoms with Crippen molar-refractivity contribution in [3.8, 4) is 0 Å². The van der Waals surface area contributed by atoms with E-state index < -0.39 is 40.0 Å². The quantitative estimate of drug-likeness (QED) is 0.627. The van der Waals surface area contributed by atoms with Crippen LogP contribution in [0.3, 0.4) is 0 Å². The number of nitrogens with one attached hydrogen (secondary N) is 2. The van der Waals surface area contributed by atoms with Crippen LogP contribution in [0.2, 0.25) is 0 Å². The Bertz CT molecular complexity index is 1230. The van der Waals surface area contributed by atoms with Crippen LogP contribution >= 0.6 is 11.3 Å². The van der Waals surface area contributed by atoms with Gasteiger partial charge in [0, 0.05) is 29.2 Å². The van der Waals surface area contributed by atoms with Gasteiger partial charge < -0.3 is 10.6 Å². The molecule has 0 saturated carbocycles. The van der Waals surface area contributed by atoms with Crippen LogP contribution in [0.25, 0.3) is 0 Å². The molecule has 11 heteroatoms. The predicted octanol–water partition coefficient (Wildman–Crippen LogP) is 2.25. The number of carbonyl (C=O) groups is 3. The van der Waals surface area contributed by atoms with Crippen LogP contribution in [0.15, 0.2) is 40.6 Å². The van der Waals surface area contributed by atoms with Gasteiger partial charge in [-0.1, -0.05) is 6.07 Å². The van der Waals surface area contributed by atoms with E-state index in [0.717, 1.165) is 41.0 Å². The fourth-order valence-electron chi connectivity index (χ4n) is 4.84. The van der Waals surface area contributed by atoms with Crippen LogP contribution < -0.4 is 10.6 Å². The van der Waals surface area contributed by atoms with Crippen molar-refractivity contribution in [3.63, 3.8) is 0 Å². The third-order valence-electron chi connectivity index (χ3n) is 6.46. The second kappa shape index (κ2) is 8.23. The van der Waals surface area contributed by atoms with Crippen molar-refractivity contribution in [1.29, 1.82) is 0 Å². The minimum atomic E-state index is -3.62. The van der Waals surface area contributed by atoms with Crippen LogP contribution in [0, 0.1) is 0 Å². The first-order chi connectivity index (χ1) is 15.8. The number of thiophene rings is 1. The molecular weight excluding hydrogens is 464 g/mol. The van der Waals surface area contributed by atoms with Gasteiger partial charge >= 0.3 is 6.03 Å². The monoisotopic (exact) mass is 488 g/mol. The average Bonchev–Trinajstić information content (AvgIpc) is 3.53. The fraction of sp³-hybridized carbons (Fsp3) is 0.409. The molecule has 2 aliphatic heterocycles. The summed E-state index contributed by atoms with van der Waals surface area (Å²) in [5.41, 5.74) is 0.00828. The van der Waals surface area contributed by atoms with Crippen LogP contribution in [0.1, 0.15) is 36.1 Å². The lowest BCUT2D eigenvalue weighted by atomic mass is 9.80. The number of benzene rings is 1. The van der Waals surface area contributed by atoms with Gasteiger partial charge in [0.15, 0.2) is 0 Å². The summed E-state index contributed by atoms with van der Waals surface area (Å²) in [7, 11) is -3.62. The molecule has 3 heterocycles. The highest BCUT2D eigenvalue weighted by molar-refractivity contribution is 7.89. The number of hydrogen-bond donors (Lipinski definition) is 2. The first kappa shape index (κ1) is 22.1. The molecule has 3 aliphatic rings. The molecule has 0 unspecified atom stereocenters. The first-order valence-corrected chi connectivity index (χ1v) is 13.2. The lowest BCUT2D eigenvalue weighted by Crippen LogP contribution is -2.46. The maximum absolute atomic E-state index is 13.3. The van der Waals surface area contributed by atoms with E-state index in [1.165, 1.54) is 16.4 Å². The summed E-state index contributed by atoms with van der Waals surface area (Å²) in [4.78, 5) is 40.7. The zero-order chi connectivity index (χ0) is 23.2. The molecule has 1 spiro atoms. The number of sulfonamides is 1. The topological polar surface area (TPSA) is 116 Å². The van der Waals surface area contributed by atoms with Gasteiger partial charge in [0.05, 0.1) is 4.90 Å². The van der Waals surface area contributed by atoms with E-state index in [1.54, 1.807) is 23.5 Å². The summed E-state index contributed by atoms with van der Waals surface area (Å²) < 4.78 is 27.0. The smallest absolute Gasteiger partial charge is 0.324 e.